The summed E-state index contributed by atoms with van der Waals surface area (Å²) in [5, 5.41) is 13.5. The van der Waals surface area contributed by atoms with Crippen molar-refractivity contribution in [1.82, 2.24) is 5.16 Å². The number of benzene rings is 1. The Morgan fingerprint density at radius 3 is 2.45 bits per heavy atom. The van der Waals surface area contributed by atoms with Crippen molar-refractivity contribution >= 4 is 5.97 Å². The first kappa shape index (κ1) is 14.3. The minimum absolute atomic E-state index is 0.159. The van der Waals surface area contributed by atoms with E-state index in [2.05, 4.69) is 5.16 Å². The number of aryl methyl sites for hydroxylation is 2. The highest BCUT2D eigenvalue weighted by Gasteiger charge is 2.31. The second kappa shape index (κ2) is 4.78. The number of aromatic nitrogens is 1. The van der Waals surface area contributed by atoms with Crippen molar-refractivity contribution in [2.75, 3.05) is 0 Å². The van der Waals surface area contributed by atoms with Crippen molar-refractivity contribution < 1.29 is 14.4 Å². The maximum absolute atomic E-state index is 11.6. The summed E-state index contributed by atoms with van der Waals surface area (Å²) in [4.78, 5) is 11.6. The molecule has 0 saturated heterocycles. The third-order valence-corrected chi connectivity index (χ3v) is 3.24. The molecule has 4 heteroatoms. The molecule has 0 amide bonds. The Morgan fingerprint density at radius 1 is 1.25 bits per heavy atom. The maximum Gasteiger partial charge on any atom is 0.341 e. The summed E-state index contributed by atoms with van der Waals surface area (Å²) in [6.07, 6.45) is 0. The van der Waals surface area contributed by atoms with Crippen LogP contribution in [0.1, 0.15) is 48.0 Å². The Morgan fingerprint density at radius 2 is 1.90 bits per heavy atom. The second-order valence-corrected chi connectivity index (χ2v) is 6.11. The van der Waals surface area contributed by atoms with Gasteiger partial charge in [0.05, 0.1) is 0 Å². The average molecular weight is 273 g/mol. The van der Waals surface area contributed by atoms with Crippen LogP contribution in [0.2, 0.25) is 0 Å². The molecule has 0 aliphatic heterocycles. The molecule has 106 valence electrons. The fourth-order valence-corrected chi connectivity index (χ4v) is 2.18. The van der Waals surface area contributed by atoms with Crippen LogP contribution in [0.3, 0.4) is 0 Å². The number of hydrogen-bond acceptors (Lipinski definition) is 3. The lowest BCUT2D eigenvalue weighted by Gasteiger charge is -2.14. The summed E-state index contributed by atoms with van der Waals surface area (Å²) in [6.45, 7) is 9.63. The molecule has 0 unspecified atom stereocenters. The molecule has 1 aromatic heterocycles. The van der Waals surface area contributed by atoms with Gasteiger partial charge in [0, 0.05) is 11.0 Å². The number of hydrogen-bond donors (Lipinski definition) is 1. The van der Waals surface area contributed by atoms with E-state index in [1.165, 1.54) is 0 Å². The molecule has 0 atom stereocenters. The van der Waals surface area contributed by atoms with Gasteiger partial charge in [-0.05, 0) is 25.5 Å². The van der Waals surface area contributed by atoms with Gasteiger partial charge in [0.15, 0.2) is 5.76 Å². The predicted molar refractivity (Wildman–Crippen MR) is 77.1 cm³/mol. The van der Waals surface area contributed by atoms with Crippen molar-refractivity contribution in [2.24, 2.45) is 0 Å². The Balaban J connectivity index is 2.73. The molecule has 0 fully saturated rings. The van der Waals surface area contributed by atoms with Crippen LogP contribution >= 0.6 is 0 Å². The van der Waals surface area contributed by atoms with Crippen molar-refractivity contribution in [2.45, 2.75) is 40.0 Å². The lowest BCUT2D eigenvalue weighted by Crippen LogP contribution is -2.15. The molecule has 0 radical (unpaired) electrons. The van der Waals surface area contributed by atoms with Gasteiger partial charge in [0.25, 0.3) is 0 Å². The smallest absolute Gasteiger partial charge is 0.341 e. The fourth-order valence-electron chi connectivity index (χ4n) is 2.18. The molecule has 2 aromatic rings. The minimum atomic E-state index is -1.01. The predicted octanol–water partition coefficient (Wildman–Crippen LogP) is 3.95. The molecule has 1 aromatic carbocycles. The normalized spacial score (nSPS) is 11.7. The molecule has 0 aliphatic rings. The number of carbonyl (C=O) groups is 1. The first-order chi connectivity index (χ1) is 9.21. The third kappa shape index (κ3) is 2.46. The van der Waals surface area contributed by atoms with Crippen LogP contribution in [0.4, 0.5) is 0 Å². The van der Waals surface area contributed by atoms with Gasteiger partial charge >= 0.3 is 5.97 Å². The van der Waals surface area contributed by atoms with Crippen LogP contribution in [-0.4, -0.2) is 16.2 Å². The lowest BCUT2D eigenvalue weighted by atomic mass is 9.88. The van der Waals surface area contributed by atoms with Crippen LogP contribution in [0.5, 0.6) is 0 Å². The first-order valence-corrected chi connectivity index (χ1v) is 6.53. The topological polar surface area (TPSA) is 63.3 Å². The molecule has 0 spiro atoms. The molecular formula is C16H19NO3. The van der Waals surface area contributed by atoms with E-state index < -0.39 is 11.4 Å². The quantitative estimate of drug-likeness (QED) is 0.899. The zero-order valence-corrected chi connectivity index (χ0v) is 12.4. The third-order valence-electron chi connectivity index (χ3n) is 3.24. The molecular weight excluding hydrogens is 254 g/mol. The van der Waals surface area contributed by atoms with Crippen LogP contribution in [0.25, 0.3) is 11.3 Å². The Kier molecular flexibility index (Phi) is 3.42. The van der Waals surface area contributed by atoms with Crippen molar-refractivity contribution in [1.29, 1.82) is 0 Å². The summed E-state index contributed by atoms with van der Waals surface area (Å²) in [7, 11) is 0. The van der Waals surface area contributed by atoms with Crippen molar-refractivity contribution in [3.63, 3.8) is 0 Å². The van der Waals surface area contributed by atoms with E-state index in [1.54, 1.807) is 0 Å². The van der Waals surface area contributed by atoms with Gasteiger partial charge in [-0.2, -0.15) is 0 Å². The molecule has 4 nitrogen and oxygen atoms in total. The van der Waals surface area contributed by atoms with Crippen molar-refractivity contribution in [3.8, 4) is 11.3 Å². The van der Waals surface area contributed by atoms with Gasteiger partial charge < -0.3 is 9.63 Å². The summed E-state index contributed by atoms with van der Waals surface area (Å²) in [6, 6.07) is 5.89. The summed E-state index contributed by atoms with van der Waals surface area (Å²) in [5.41, 5.74) is 3.00. The van der Waals surface area contributed by atoms with E-state index in [9.17, 15) is 9.90 Å². The SMILES string of the molecule is Cc1ccc(C)c(-c2noc(C(C)(C)C)c2C(=O)O)c1. The van der Waals surface area contributed by atoms with E-state index in [0.29, 0.717) is 11.5 Å². The number of carboxylic acids is 1. The van der Waals surface area contributed by atoms with E-state index in [-0.39, 0.29) is 5.56 Å². The van der Waals surface area contributed by atoms with E-state index in [0.717, 1.165) is 16.7 Å². The first-order valence-electron chi connectivity index (χ1n) is 6.53. The zero-order chi connectivity index (χ0) is 15.1. The van der Waals surface area contributed by atoms with E-state index in [1.807, 2.05) is 52.8 Å². The molecule has 1 heterocycles. The number of carboxylic acid groups (broad SMARTS) is 1. The Hall–Kier alpha value is -2.10. The Labute approximate surface area is 118 Å². The van der Waals surface area contributed by atoms with E-state index >= 15 is 0 Å². The van der Waals surface area contributed by atoms with E-state index in [4.69, 9.17) is 4.52 Å². The fraction of sp³-hybridized carbons (Fsp3) is 0.375. The van der Waals surface area contributed by atoms with Crippen LogP contribution < -0.4 is 0 Å². The van der Waals surface area contributed by atoms with Crippen LogP contribution in [-0.2, 0) is 5.41 Å². The van der Waals surface area contributed by atoms with Gasteiger partial charge in [0.2, 0.25) is 0 Å². The number of rotatable bonds is 2. The average Bonchev–Trinajstić information content (AvgIpc) is 2.76. The summed E-state index contributed by atoms with van der Waals surface area (Å²) in [5.74, 6) is -0.604. The highest BCUT2D eigenvalue weighted by Crippen LogP contribution is 2.34. The maximum atomic E-state index is 11.6. The zero-order valence-electron chi connectivity index (χ0n) is 12.4. The van der Waals surface area contributed by atoms with Crippen LogP contribution in [0.15, 0.2) is 22.7 Å². The number of nitrogens with zero attached hydrogens (tertiary/aromatic N) is 1. The van der Waals surface area contributed by atoms with Gasteiger partial charge in [0.1, 0.15) is 11.3 Å². The molecule has 2 rings (SSSR count). The molecule has 0 saturated carbocycles. The molecule has 1 N–H and O–H groups in total. The minimum Gasteiger partial charge on any atom is -0.477 e. The lowest BCUT2D eigenvalue weighted by molar-refractivity contribution is 0.0693. The van der Waals surface area contributed by atoms with Crippen molar-refractivity contribution in [3.05, 3.63) is 40.6 Å². The van der Waals surface area contributed by atoms with Crippen LogP contribution in [0, 0.1) is 13.8 Å². The molecule has 20 heavy (non-hydrogen) atoms. The molecule has 0 aliphatic carbocycles. The molecule has 0 bridgehead atoms. The van der Waals surface area contributed by atoms with Gasteiger partial charge in [-0.25, -0.2) is 4.79 Å². The Bertz CT molecular complexity index is 663. The summed E-state index contributed by atoms with van der Waals surface area (Å²) >= 11 is 0. The van der Waals surface area contributed by atoms with Gasteiger partial charge in [-0.3, -0.25) is 0 Å². The highest BCUT2D eigenvalue weighted by molar-refractivity contribution is 5.96. The second-order valence-electron chi connectivity index (χ2n) is 6.11. The standard InChI is InChI=1S/C16H19NO3/c1-9-6-7-10(2)11(8-9)13-12(15(18)19)14(20-17-13)16(3,4)5/h6-8H,1-5H3,(H,18,19). The largest absolute Gasteiger partial charge is 0.477 e. The monoisotopic (exact) mass is 273 g/mol. The highest BCUT2D eigenvalue weighted by atomic mass is 16.5. The summed E-state index contributed by atoms with van der Waals surface area (Å²) < 4.78 is 5.34. The van der Waals surface area contributed by atoms with Gasteiger partial charge in [-0.1, -0.05) is 43.6 Å². The number of aromatic carboxylic acids is 1. The van der Waals surface area contributed by atoms with Gasteiger partial charge in [-0.15, -0.1) is 0 Å².